The Morgan fingerprint density at radius 1 is 0.950 bits per heavy atom. The Labute approximate surface area is 111 Å². The van der Waals surface area contributed by atoms with E-state index in [9.17, 15) is 22.4 Å². The average Bonchev–Trinajstić information content (AvgIpc) is 2.39. The van der Waals surface area contributed by atoms with E-state index in [0.29, 0.717) is 17.7 Å². The highest BCUT2D eigenvalue weighted by atomic mass is 19.2. The molecule has 2 rings (SSSR count). The van der Waals surface area contributed by atoms with E-state index in [4.69, 9.17) is 0 Å². The van der Waals surface area contributed by atoms with Crippen molar-refractivity contribution in [2.75, 3.05) is 0 Å². The Morgan fingerprint density at radius 3 is 2.10 bits per heavy atom. The minimum atomic E-state index is -1.66. The van der Waals surface area contributed by atoms with E-state index in [2.05, 4.69) is 4.74 Å². The maximum Gasteiger partial charge on any atom is 0.343 e. The zero-order valence-electron chi connectivity index (χ0n) is 10.2. The quantitative estimate of drug-likeness (QED) is 0.363. The van der Waals surface area contributed by atoms with Crippen molar-refractivity contribution < 1.29 is 27.1 Å². The van der Waals surface area contributed by atoms with Gasteiger partial charge in [0.05, 0.1) is 5.56 Å². The molecular weight excluding hydrogens is 276 g/mol. The minimum absolute atomic E-state index is 0.127. The summed E-state index contributed by atoms with van der Waals surface area (Å²) in [5.41, 5.74) is 0.207. The molecule has 2 aromatic carbocycles. The van der Waals surface area contributed by atoms with Gasteiger partial charge in [-0.3, -0.25) is 0 Å². The fraction of sp³-hybridized carbons (Fsp3) is 0.0714. The van der Waals surface area contributed by atoms with Crippen LogP contribution < -0.4 is 4.74 Å². The van der Waals surface area contributed by atoms with Crippen LogP contribution in [0.1, 0.15) is 15.9 Å². The highest BCUT2D eigenvalue weighted by molar-refractivity contribution is 5.91. The SMILES string of the molecule is Cc1ccc(C(=O)Oc2cc(F)c(F)c(F)c2)cc1F. The van der Waals surface area contributed by atoms with Crippen molar-refractivity contribution in [3.8, 4) is 5.75 Å². The van der Waals surface area contributed by atoms with Crippen LogP contribution in [0.25, 0.3) is 0 Å². The normalized spacial score (nSPS) is 10.4. The number of hydrogen-bond donors (Lipinski definition) is 0. The number of hydrogen-bond acceptors (Lipinski definition) is 2. The molecule has 0 bridgehead atoms. The van der Waals surface area contributed by atoms with Gasteiger partial charge in [0.25, 0.3) is 0 Å². The van der Waals surface area contributed by atoms with Gasteiger partial charge in [-0.05, 0) is 24.6 Å². The molecule has 0 radical (unpaired) electrons. The molecule has 0 aliphatic heterocycles. The lowest BCUT2D eigenvalue weighted by molar-refractivity contribution is 0.0733. The van der Waals surface area contributed by atoms with Gasteiger partial charge in [-0.1, -0.05) is 6.07 Å². The number of benzene rings is 2. The molecule has 0 spiro atoms. The van der Waals surface area contributed by atoms with Gasteiger partial charge >= 0.3 is 5.97 Å². The summed E-state index contributed by atoms with van der Waals surface area (Å²) < 4.78 is 56.6. The third-order valence-corrected chi connectivity index (χ3v) is 2.58. The first-order valence-corrected chi connectivity index (χ1v) is 5.51. The number of carbonyl (C=O) groups is 1. The zero-order chi connectivity index (χ0) is 14.9. The van der Waals surface area contributed by atoms with Gasteiger partial charge < -0.3 is 4.74 Å². The van der Waals surface area contributed by atoms with Gasteiger partial charge in [0.2, 0.25) is 0 Å². The molecule has 0 saturated heterocycles. The molecule has 2 nitrogen and oxygen atoms in total. The minimum Gasteiger partial charge on any atom is -0.423 e. The zero-order valence-corrected chi connectivity index (χ0v) is 10.2. The van der Waals surface area contributed by atoms with Crippen molar-refractivity contribution >= 4 is 5.97 Å². The molecule has 0 heterocycles. The summed E-state index contributed by atoms with van der Waals surface area (Å²) >= 11 is 0. The molecule has 104 valence electrons. The molecule has 0 amide bonds. The van der Waals surface area contributed by atoms with Crippen LogP contribution in [0.3, 0.4) is 0 Å². The van der Waals surface area contributed by atoms with Crippen LogP contribution in [-0.2, 0) is 0 Å². The van der Waals surface area contributed by atoms with Crippen LogP contribution >= 0.6 is 0 Å². The van der Waals surface area contributed by atoms with Crippen LogP contribution in [-0.4, -0.2) is 5.97 Å². The lowest BCUT2D eigenvalue weighted by Crippen LogP contribution is -2.10. The molecule has 0 fully saturated rings. The molecular formula is C14H8F4O2. The molecule has 0 aliphatic rings. The summed E-state index contributed by atoms with van der Waals surface area (Å²) in [7, 11) is 0. The molecule has 0 atom stereocenters. The van der Waals surface area contributed by atoms with Gasteiger partial charge in [-0.15, -0.1) is 0 Å². The van der Waals surface area contributed by atoms with Crippen LogP contribution in [0.5, 0.6) is 5.75 Å². The van der Waals surface area contributed by atoms with E-state index >= 15 is 0 Å². The Kier molecular flexibility index (Phi) is 3.74. The van der Waals surface area contributed by atoms with Crippen molar-refractivity contribution in [2.24, 2.45) is 0 Å². The monoisotopic (exact) mass is 284 g/mol. The highest BCUT2D eigenvalue weighted by Gasteiger charge is 2.15. The highest BCUT2D eigenvalue weighted by Crippen LogP contribution is 2.20. The molecule has 6 heteroatoms. The molecule has 0 aromatic heterocycles. The summed E-state index contributed by atoms with van der Waals surface area (Å²) in [4.78, 5) is 11.7. The third-order valence-electron chi connectivity index (χ3n) is 2.58. The Balaban J connectivity index is 2.25. The van der Waals surface area contributed by atoms with Gasteiger partial charge in [0, 0.05) is 12.1 Å². The van der Waals surface area contributed by atoms with Crippen LogP contribution in [0, 0.1) is 30.2 Å². The molecule has 0 unspecified atom stereocenters. The van der Waals surface area contributed by atoms with Crippen LogP contribution in [0.4, 0.5) is 17.6 Å². The van der Waals surface area contributed by atoms with Gasteiger partial charge in [0.1, 0.15) is 11.6 Å². The van der Waals surface area contributed by atoms with E-state index in [1.807, 2.05) is 0 Å². The van der Waals surface area contributed by atoms with E-state index in [1.54, 1.807) is 0 Å². The topological polar surface area (TPSA) is 26.3 Å². The van der Waals surface area contributed by atoms with Crippen LogP contribution in [0.2, 0.25) is 0 Å². The Hall–Kier alpha value is -2.37. The maximum absolute atomic E-state index is 13.3. The molecule has 0 aliphatic carbocycles. The van der Waals surface area contributed by atoms with Gasteiger partial charge in [-0.25, -0.2) is 22.4 Å². The standard InChI is InChI=1S/C14H8F4O2/c1-7-2-3-8(4-10(7)15)14(19)20-9-5-11(16)13(18)12(17)6-9/h2-6H,1H3. The largest absolute Gasteiger partial charge is 0.423 e. The molecule has 0 saturated carbocycles. The van der Waals surface area contributed by atoms with Crippen molar-refractivity contribution in [3.05, 3.63) is 64.7 Å². The Bertz CT molecular complexity index is 660. The molecule has 0 N–H and O–H groups in total. The lowest BCUT2D eigenvalue weighted by Gasteiger charge is -2.06. The van der Waals surface area contributed by atoms with Crippen molar-refractivity contribution in [3.63, 3.8) is 0 Å². The second kappa shape index (κ2) is 5.32. The summed E-state index contributed by atoms with van der Waals surface area (Å²) in [6.45, 7) is 1.51. The second-order valence-electron chi connectivity index (χ2n) is 4.05. The van der Waals surface area contributed by atoms with Crippen molar-refractivity contribution in [2.45, 2.75) is 6.92 Å². The summed E-state index contributed by atoms with van der Waals surface area (Å²) in [5.74, 6) is -6.76. The predicted octanol–water partition coefficient (Wildman–Crippen LogP) is 3.77. The second-order valence-corrected chi connectivity index (χ2v) is 4.05. The molecule has 20 heavy (non-hydrogen) atoms. The first kappa shape index (κ1) is 14.0. The van der Waals surface area contributed by atoms with Crippen molar-refractivity contribution in [1.82, 2.24) is 0 Å². The number of halogens is 4. The van der Waals surface area contributed by atoms with E-state index in [-0.39, 0.29) is 5.56 Å². The number of rotatable bonds is 2. The first-order chi connectivity index (χ1) is 9.38. The maximum atomic E-state index is 13.3. The van der Waals surface area contributed by atoms with Gasteiger partial charge in [-0.2, -0.15) is 0 Å². The fourth-order valence-electron chi connectivity index (χ4n) is 1.48. The van der Waals surface area contributed by atoms with Crippen LogP contribution in [0.15, 0.2) is 30.3 Å². The number of carbonyl (C=O) groups excluding carboxylic acids is 1. The van der Waals surface area contributed by atoms with E-state index in [0.717, 1.165) is 6.07 Å². The smallest absolute Gasteiger partial charge is 0.343 e. The Morgan fingerprint density at radius 2 is 1.55 bits per heavy atom. The number of aryl methyl sites for hydroxylation is 1. The number of ether oxygens (including phenoxy) is 1. The lowest BCUT2D eigenvalue weighted by atomic mass is 10.1. The summed E-state index contributed by atoms with van der Waals surface area (Å²) in [5, 5.41) is 0. The third kappa shape index (κ3) is 2.79. The fourth-order valence-corrected chi connectivity index (χ4v) is 1.48. The van der Waals surface area contributed by atoms with Gasteiger partial charge in [0.15, 0.2) is 17.5 Å². The average molecular weight is 284 g/mol. The van der Waals surface area contributed by atoms with E-state index in [1.165, 1.54) is 19.1 Å². The van der Waals surface area contributed by atoms with Crippen molar-refractivity contribution in [1.29, 1.82) is 0 Å². The van der Waals surface area contributed by atoms with E-state index < -0.39 is 35.0 Å². The predicted molar refractivity (Wildman–Crippen MR) is 62.4 cm³/mol. The first-order valence-electron chi connectivity index (χ1n) is 5.51. The molecule has 2 aromatic rings. The number of esters is 1. The summed E-state index contributed by atoms with van der Waals surface area (Å²) in [6.07, 6.45) is 0. The summed E-state index contributed by atoms with van der Waals surface area (Å²) in [6, 6.07) is 4.66.